The molecule has 82 valence electrons. The lowest BCUT2D eigenvalue weighted by molar-refractivity contribution is -0.142. The van der Waals surface area contributed by atoms with Crippen LogP contribution < -0.4 is 0 Å². The minimum absolute atomic E-state index is 0.330. The molecule has 0 spiro atoms. The van der Waals surface area contributed by atoms with Gasteiger partial charge < -0.3 is 14.4 Å². The van der Waals surface area contributed by atoms with Gasteiger partial charge in [0, 0.05) is 20.1 Å². The summed E-state index contributed by atoms with van der Waals surface area (Å²) in [6, 6.07) is 0. The number of ether oxygens (including phenoxy) is 1. The van der Waals surface area contributed by atoms with Crippen LogP contribution >= 0.6 is 0 Å². The van der Waals surface area contributed by atoms with Crippen LogP contribution in [0.5, 0.6) is 0 Å². The number of rotatable bonds is 3. The molecule has 1 aliphatic rings. The Morgan fingerprint density at radius 3 is 3.13 bits per heavy atom. The molecule has 0 radical (unpaired) electrons. The first-order valence-corrected chi connectivity index (χ1v) is 4.85. The molecule has 1 N–H and O–H groups in total. The van der Waals surface area contributed by atoms with Crippen molar-refractivity contribution >= 4 is 5.97 Å². The van der Waals surface area contributed by atoms with Gasteiger partial charge in [-0.05, 0) is 6.42 Å². The van der Waals surface area contributed by atoms with Crippen molar-refractivity contribution in [3.63, 3.8) is 0 Å². The van der Waals surface area contributed by atoms with Gasteiger partial charge in [-0.2, -0.15) is 0 Å². The van der Waals surface area contributed by atoms with Gasteiger partial charge in [0.15, 0.2) is 5.82 Å². The number of carboxylic acids is 1. The van der Waals surface area contributed by atoms with Crippen molar-refractivity contribution in [1.82, 2.24) is 14.8 Å². The molecule has 0 saturated carbocycles. The zero-order valence-electron chi connectivity index (χ0n) is 8.51. The first-order valence-electron chi connectivity index (χ1n) is 4.85. The Kier molecular flexibility index (Phi) is 2.68. The van der Waals surface area contributed by atoms with Crippen molar-refractivity contribution in [3.8, 4) is 0 Å². The van der Waals surface area contributed by atoms with Crippen LogP contribution in [0.25, 0.3) is 0 Å². The second-order valence-corrected chi connectivity index (χ2v) is 3.65. The quantitative estimate of drug-likeness (QED) is 0.765. The summed E-state index contributed by atoms with van der Waals surface area (Å²) in [6.45, 7) is 0.829. The van der Waals surface area contributed by atoms with E-state index in [4.69, 9.17) is 9.84 Å². The van der Waals surface area contributed by atoms with Gasteiger partial charge in [0.1, 0.15) is 12.4 Å². The second kappa shape index (κ2) is 3.98. The monoisotopic (exact) mass is 211 g/mol. The number of hydrogen-bond acceptors (Lipinski definition) is 4. The SMILES string of the molecule is COCc1nnc2n1CC(C(=O)O)CC2. The fraction of sp³-hybridized carbons (Fsp3) is 0.667. The van der Waals surface area contributed by atoms with Crippen molar-refractivity contribution in [2.45, 2.75) is 26.0 Å². The highest BCUT2D eigenvalue weighted by Crippen LogP contribution is 2.20. The number of aryl methyl sites for hydroxylation is 1. The topological polar surface area (TPSA) is 77.2 Å². The molecule has 0 aromatic carbocycles. The lowest BCUT2D eigenvalue weighted by Gasteiger charge is -2.20. The number of aliphatic carboxylic acids is 1. The van der Waals surface area contributed by atoms with E-state index in [9.17, 15) is 4.79 Å². The van der Waals surface area contributed by atoms with Gasteiger partial charge >= 0.3 is 5.97 Å². The van der Waals surface area contributed by atoms with E-state index in [1.54, 1.807) is 7.11 Å². The van der Waals surface area contributed by atoms with Gasteiger partial charge in [0.2, 0.25) is 0 Å². The third-order valence-electron chi connectivity index (χ3n) is 2.65. The molecular formula is C9H13N3O3. The fourth-order valence-electron chi connectivity index (χ4n) is 1.82. The Bertz CT molecular complexity index is 375. The predicted octanol–water partition coefficient (Wildman–Crippen LogP) is 0.0715. The van der Waals surface area contributed by atoms with Crippen molar-refractivity contribution in [3.05, 3.63) is 11.6 Å². The summed E-state index contributed by atoms with van der Waals surface area (Å²) >= 11 is 0. The highest BCUT2D eigenvalue weighted by Gasteiger charge is 2.27. The molecule has 0 fully saturated rings. The first-order chi connectivity index (χ1) is 7.22. The van der Waals surface area contributed by atoms with Gasteiger partial charge in [0.25, 0.3) is 0 Å². The van der Waals surface area contributed by atoms with Crippen LogP contribution in [0, 0.1) is 5.92 Å². The third kappa shape index (κ3) is 1.85. The lowest BCUT2D eigenvalue weighted by Crippen LogP contribution is -2.27. The molecule has 0 amide bonds. The van der Waals surface area contributed by atoms with E-state index >= 15 is 0 Å². The number of aromatic nitrogens is 3. The smallest absolute Gasteiger partial charge is 0.308 e. The average Bonchev–Trinajstić information content (AvgIpc) is 2.61. The van der Waals surface area contributed by atoms with Crippen LogP contribution in [0.2, 0.25) is 0 Å². The van der Waals surface area contributed by atoms with Crippen molar-refractivity contribution in [2.24, 2.45) is 5.92 Å². The summed E-state index contributed by atoms with van der Waals surface area (Å²) in [6.07, 6.45) is 1.31. The summed E-state index contributed by atoms with van der Waals surface area (Å²) in [5.41, 5.74) is 0. The van der Waals surface area contributed by atoms with E-state index in [0.717, 1.165) is 5.82 Å². The maximum Gasteiger partial charge on any atom is 0.308 e. The van der Waals surface area contributed by atoms with E-state index in [0.29, 0.717) is 31.8 Å². The van der Waals surface area contributed by atoms with Crippen LogP contribution in [0.1, 0.15) is 18.1 Å². The zero-order valence-corrected chi connectivity index (χ0v) is 8.51. The molecule has 0 bridgehead atoms. The van der Waals surface area contributed by atoms with Gasteiger partial charge in [-0.3, -0.25) is 4.79 Å². The molecular weight excluding hydrogens is 198 g/mol. The van der Waals surface area contributed by atoms with Gasteiger partial charge in [-0.1, -0.05) is 0 Å². The minimum atomic E-state index is -0.752. The molecule has 1 aromatic heterocycles. The van der Waals surface area contributed by atoms with Crippen LogP contribution in [-0.4, -0.2) is 33.0 Å². The molecule has 15 heavy (non-hydrogen) atoms. The number of carbonyl (C=O) groups is 1. The van der Waals surface area contributed by atoms with Gasteiger partial charge in [-0.25, -0.2) is 0 Å². The number of carboxylic acid groups (broad SMARTS) is 1. The summed E-state index contributed by atoms with van der Waals surface area (Å²) in [5.74, 6) is 0.486. The van der Waals surface area contributed by atoms with Crippen molar-refractivity contribution < 1.29 is 14.6 Å². The molecule has 1 aromatic rings. The molecule has 2 heterocycles. The molecule has 1 aliphatic heterocycles. The summed E-state index contributed by atoms with van der Waals surface area (Å²) in [7, 11) is 1.58. The number of methoxy groups -OCH3 is 1. The van der Waals surface area contributed by atoms with E-state index < -0.39 is 5.97 Å². The summed E-state index contributed by atoms with van der Waals surface area (Å²) in [5, 5.41) is 16.9. The standard InChI is InChI=1S/C9H13N3O3/c1-15-5-8-11-10-7-3-2-6(9(13)14)4-12(7)8/h6H,2-5H2,1H3,(H,13,14). The molecule has 1 unspecified atom stereocenters. The average molecular weight is 211 g/mol. The lowest BCUT2D eigenvalue weighted by atomic mass is 10.00. The maximum absolute atomic E-state index is 10.9. The van der Waals surface area contributed by atoms with Crippen LogP contribution in [0.4, 0.5) is 0 Å². The first kappa shape index (κ1) is 10.1. The molecule has 2 rings (SSSR count). The number of hydrogen-bond donors (Lipinski definition) is 1. The maximum atomic E-state index is 10.9. The fourth-order valence-corrected chi connectivity index (χ4v) is 1.82. The Morgan fingerprint density at radius 1 is 1.67 bits per heavy atom. The molecule has 0 aliphatic carbocycles. The molecule has 6 heteroatoms. The zero-order chi connectivity index (χ0) is 10.8. The van der Waals surface area contributed by atoms with Crippen molar-refractivity contribution in [1.29, 1.82) is 0 Å². The van der Waals surface area contributed by atoms with E-state index in [-0.39, 0.29) is 5.92 Å². The van der Waals surface area contributed by atoms with Crippen molar-refractivity contribution in [2.75, 3.05) is 7.11 Å². The van der Waals surface area contributed by atoms with Crippen LogP contribution in [0.15, 0.2) is 0 Å². The van der Waals surface area contributed by atoms with E-state index in [1.807, 2.05) is 4.57 Å². The summed E-state index contributed by atoms with van der Waals surface area (Å²) < 4.78 is 6.83. The Morgan fingerprint density at radius 2 is 2.47 bits per heavy atom. The highest BCUT2D eigenvalue weighted by atomic mass is 16.5. The largest absolute Gasteiger partial charge is 0.481 e. The minimum Gasteiger partial charge on any atom is -0.481 e. The second-order valence-electron chi connectivity index (χ2n) is 3.65. The number of nitrogens with zero attached hydrogens (tertiary/aromatic N) is 3. The Hall–Kier alpha value is -1.43. The summed E-state index contributed by atoms with van der Waals surface area (Å²) in [4.78, 5) is 10.9. The van der Waals surface area contributed by atoms with E-state index in [1.165, 1.54) is 0 Å². The molecule has 1 atom stereocenters. The number of fused-ring (bicyclic) bond motifs is 1. The molecule has 0 saturated heterocycles. The highest BCUT2D eigenvalue weighted by molar-refractivity contribution is 5.70. The predicted molar refractivity (Wildman–Crippen MR) is 50.2 cm³/mol. The normalized spacial score (nSPS) is 19.9. The van der Waals surface area contributed by atoms with Crippen LogP contribution in [0.3, 0.4) is 0 Å². The van der Waals surface area contributed by atoms with Crippen LogP contribution in [-0.2, 0) is 29.1 Å². The Labute approximate surface area is 86.9 Å². The molecule has 6 nitrogen and oxygen atoms in total. The third-order valence-corrected chi connectivity index (χ3v) is 2.65. The van der Waals surface area contributed by atoms with Gasteiger partial charge in [0.05, 0.1) is 5.92 Å². The Balaban J connectivity index is 2.22. The van der Waals surface area contributed by atoms with Gasteiger partial charge in [-0.15, -0.1) is 10.2 Å². The van der Waals surface area contributed by atoms with E-state index in [2.05, 4.69) is 10.2 Å².